The predicted molar refractivity (Wildman–Crippen MR) is 79.0 cm³/mol. The number of hydrogen-bond donors (Lipinski definition) is 2. The summed E-state index contributed by atoms with van der Waals surface area (Å²) in [6.45, 7) is -0.438. The number of amides is 1. The van der Waals surface area contributed by atoms with E-state index in [0.29, 0.717) is 16.2 Å². The predicted octanol–water partition coefficient (Wildman–Crippen LogP) is 1.98. The standard InChI is InChI=1S/C14H12N2O4S/c17-13(18)9-20-11-5-2-1-4-10(11)8-15-16-14(19)12-6-3-7-21-12/h1-8H,9H2,(H,16,19)(H,17,18)/b15-8+. The minimum Gasteiger partial charge on any atom is -0.481 e. The van der Waals surface area contributed by atoms with Crippen LogP contribution in [0.25, 0.3) is 0 Å². The van der Waals surface area contributed by atoms with Crippen LogP contribution in [-0.2, 0) is 4.79 Å². The second kappa shape index (κ2) is 7.20. The van der Waals surface area contributed by atoms with Gasteiger partial charge in [0.05, 0.1) is 11.1 Å². The number of hydrogen-bond acceptors (Lipinski definition) is 5. The van der Waals surface area contributed by atoms with E-state index in [1.54, 1.807) is 41.8 Å². The third-order valence-electron chi connectivity index (χ3n) is 2.38. The summed E-state index contributed by atoms with van der Waals surface area (Å²) in [5.74, 6) is -0.980. The van der Waals surface area contributed by atoms with Crippen LogP contribution in [0, 0.1) is 0 Å². The van der Waals surface area contributed by atoms with Crippen LogP contribution in [0.2, 0.25) is 0 Å². The van der Waals surface area contributed by atoms with Crippen molar-refractivity contribution in [3.8, 4) is 5.75 Å². The molecule has 1 heterocycles. The maximum absolute atomic E-state index is 11.7. The Morgan fingerprint density at radius 3 is 2.81 bits per heavy atom. The van der Waals surface area contributed by atoms with E-state index in [1.165, 1.54) is 17.6 Å². The van der Waals surface area contributed by atoms with Crippen molar-refractivity contribution < 1.29 is 19.4 Å². The molecule has 0 saturated heterocycles. The fraction of sp³-hybridized carbons (Fsp3) is 0.0714. The van der Waals surface area contributed by atoms with Gasteiger partial charge in [-0.2, -0.15) is 5.10 Å². The number of nitrogens with one attached hydrogen (secondary N) is 1. The maximum atomic E-state index is 11.7. The second-order valence-electron chi connectivity index (χ2n) is 3.90. The van der Waals surface area contributed by atoms with Crippen LogP contribution in [-0.4, -0.2) is 29.8 Å². The molecule has 0 fully saturated rings. The second-order valence-corrected chi connectivity index (χ2v) is 4.84. The van der Waals surface area contributed by atoms with Crippen molar-refractivity contribution in [2.24, 2.45) is 5.10 Å². The van der Waals surface area contributed by atoms with E-state index in [0.717, 1.165) is 0 Å². The number of carboxylic acid groups (broad SMARTS) is 1. The number of carbonyl (C=O) groups excluding carboxylic acids is 1. The Morgan fingerprint density at radius 1 is 1.29 bits per heavy atom. The zero-order chi connectivity index (χ0) is 15.1. The minimum atomic E-state index is -1.06. The first-order valence-corrected chi connectivity index (χ1v) is 6.85. The van der Waals surface area contributed by atoms with Gasteiger partial charge in [-0.05, 0) is 23.6 Å². The van der Waals surface area contributed by atoms with Crippen LogP contribution in [0.1, 0.15) is 15.2 Å². The topological polar surface area (TPSA) is 88.0 Å². The zero-order valence-corrected chi connectivity index (χ0v) is 11.7. The lowest BCUT2D eigenvalue weighted by Gasteiger charge is -2.06. The summed E-state index contributed by atoms with van der Waals surface area (Å²) >= 11 is 1.32. The number of para-hydroxylation sites is 1. The first-order chi connectivity index (χ1) is 10.2. The van der Waals surface area contributed by atoms with E-state index >= 15 is 0 Å². The van der Waals surface area contributed by atoms with Gasteiger partial charge >= 0.3 is 5.97 Å². The van der Waals surface area contributed by atoms with Crippen LogP contribution in [0.3, 0.4) is 0 Å². The van der Waals surface area contributed by atoms with E-state index in [1.807, 2.05) is 0 Å². The van der Waals surface area contributed by atoms with Gasteiger partial charge in [0.25, 0.3) is 5.91 Å². The molecule has 0 saturated carbocycles. The molecule has 108 valence electrons. The van der Waals surface area contributed by atoms with E-state index in [9.17, 15) is 9.59 Å². The van der Waals surface area contributed by atoms with E-state index < -0.39 is 12.6 Å². The third-order valence-corrected chi connectivity index (χ3v) is 3.25. The van der Waals surface area contributed by atoms with Crippen LogP contribution in [0.15, 0.2) is 46.9 Å². The number of thiophene rings is 1. The molecular weight excluding hydrogens is 292 g/mol. The Balaban J connectivity index is 2.00. The molecule has 0 bridgehead atoms. The third kappa shape index (κ3) is 4.43. The lowest BCUT2D eigenvalue weighted by molar-refractivity contribution is -0.139. The summed E-state index contributed by atoms with van der Waals surface area (Å²) in [4.78, 5) is 22.7. The molecule has 0 aliphatic heterocycles. The first kappa shape index (κ1) is 14.7. The molecule has 0 radical (unpaired) electrons. The summed E-state index contributed by atoms with van der Waals surface area (Å²) in [5, 5.41) is 14.2. The van der Waals surface area contributed by atoms with Crippen molar-refractivity contribution in [2.75, 3.05) is 6.61 Å². The van der Waals surface area contributed by atoms with Gasteiger partial charge in [-0.1, -0.05) is 18.2 Å². The molecule has 21 heavy (non-hydrogen) atoms. The molecule has 7 heteroatoms. The van der Waals surface area contributed by atoms with Gasteiger partial charge in [0.2, 0.25) is 0 Å². The highest BCUT2D eigenvalue weighted by Gasteiger charge is 2.05. The van der Waals surface area contributed by atoms with Gasteiger partial charge in [-0.25, -0.2) is 10.2 Å². The number of nitrogens with zero attached hydrogens (tertiary/aromatic N) is 1. The number of aliphatic carboxylic acids is 1. The van der Waals surface area contributed by atoms with Gasteiger partial charge in [0.15, 0.2) is 6.61 Å². The van der Waals surface area contributed by atoms with Gasteiger partial charge in [-0.15, -0.1) is 11.3 Å². The molecule has 6 nitrogen and oxygen atoms in total. The molecule has 1 aromatic heterocycles. The molecule has 0 unspecified atom stereocenters. The number of rotatable bonds is 6. The van der Waals surface area contributed by atoms with Gasteiger partial charge in [-0.3, -0.25) is 4.79 Å². The van der Waals surface area contributed by atoms with E-state index in [-0.39, 0.29) is 5.91 Å². The molecule has 0 aliphatic rings. The molecule has 2 rings (SSSR count). The average molecular weight is 304 g/mol. The largest absolute Gasteiger partial charge is 0.481 e. The summed E-state index contributed by atoms with van der Waals surface area (Å²) < 4.78 is 5.13. The number of carboxylic acids is 1. The van der Waals surface area contributed by atoms with Gasteiger partial charge < -0.3 is 9.84 Å². The van der Waals surface area contributed by atoms with Crippen molar-refractivity contribution in [3.05, 3.63) is 52.2 Å². The molecule has 2 aromatic rings. The smallest absolute Gasteiger partial charge is 0.341 e. The Morgan fingerprint density at radius 2 is 2.10 bits per heavy atom. The molecule has 0 spiro atoms. The lowest BCUT2D eigenvalue weighted by atomic mass is 10.2. The highest BCUT2D eigenvalue weighted by molar-refractivity contribution is 7.12. The number of carbonyl (C=O) groups is 2. The summed E-state index contributed by atoms with van der Waals surface area (Å²) in [6.07, 6.45) is 1.41. The Kier molecular flexibility index (Phi) is 5.05. The number of ether oxygens (including phenoxy) is 1. The SMILES string of the molecule is O=C(O)COc1ccccc1/C=N/NC(=O)c1cccs1. The Labute approximate surface area is 124 Å². The van der Waals surface area contributed by atoms with Crippen LogP contribution in [0.4, 0.5) is 0 Å². The normalized spacial score (nSPS) is 10.5. The summed E-state index contributed by atoms with van der Waals surface area (Å²) in [7, 11) is 0. The number of hydrazone groups is 1. The van der Waals surface area contributed by atoms with Crippen molar-refractivity contribution >= 4 is 29.4 Å². The number of benzene rings is 1. The lowest BCUT2D eigenvalue weighted by Crippen LogP contribution is -2.16. The molecule has 2 N–H and O–H groups in total. The highest BCUT2D eigenvalue weighted by Crippen LogP contribution is 2.15. The molecule has 0 atom stereocenters. The highest BCUT2D eigenvalue weighted by atomic mass is 32.1. The minimum absolute atomic E-state index is 0.301. The van der Waals surface area contributed by atoms with Crippen molar-refractivity contribution in [3.63, 3.8) is 0 Å². The van der Waals surface area contributed by atoms with Crippen LogP contribution < -0.4 is 10.2 Å². The van der Waals surface area contributed by atoms with Gasteiger partial charge in [0, 0.05) is 5.56 Å². The van der Waals surface area contributed by atoms with Crippen LogP contribution in [0.5, 0.6) is 5.75 Å². The molecule has 1 aromatic carbocycles. The Bertz CT molecular complexity index is 653. The van der Waals surface area contributed by atoms with E-state index in [2.05, 4.69) is 10.5 Å². The van der Waals surface area contributed by atoms with Gasteiger partial charge in [0.1, 0.15) is 5.75 Å². The molecular formula is C14H12N2O4S. The monoisotopic (exact) mass is 304 g/mol. The summed E-state index contributed by atoms with van der Waals surface area (Å²) in [5.41, 5.74) is 2.97. The summed E-state index contributed by atoms with van der Waals surface area (Å²) in [6, 6.07) is 10.3. The average Bonchev–Trinajstić information content (AvgIpc) is 3.00. The molecule has 0 aliphatic carbocycles. The van der Waals surface area contributed by atoms with Crippen LogP contribution >= 0.6 is 11.3 Å². The first-order valence-electron chi connectivity index (χ1n) is 5.97. The van der Waals surface area contributed by atoms with Crippen molar-refractivity contribution in [1.29, 1.82) is 0 Å². The van der Waals surface area contributed by atoms with Crippen molar-refractivity contribution in [2.45, 2.75) is 0 Å². The fourth-order valence-electron chi connectivity index (χ4n) is 1.48. The maximum Gasteiger partial charge on any atom is 0.341 e. The quantitative estimate of drug-likeness (QED) is 0.631. The van der Waals surface area contributed by atoms with Crippen molar-refractivity contribution in [1.82, 2.24) is 5.43 Å². The Hall–Kier alpha value is -2.67. The fourth-order valence-corrected chi connectivity index (χ4v) is 2.09. The molecule has 1 amide bonds. The zero-order valence-electron chi connectivity index (χ0n) is 10.9. The van der Waals surface area contributed by atoms with E-state index in [4.69, 9.17) is 9.84 Å².